The number of nitrogens with one attached hydrogen (secondary N) is 2. The zero-order chi connectivity index (χ0) is 16.1. The number of carbonyl (C=O) groups is 1. The molecule has 1 aromatic heterocycles. The summed E-state index contributed by atoms with van der Waals surface area (Å²) >= 11 is 1.26. The molecule has 0 aliphatic carbocycles. The Morgan fingerprint density at radius 2 is 1.87 bits per heavy atom. The maximum absolute atomic E-state index is 11.9. The van der Waals surface area contributed by atoms with Gasteiger partial charge in [0.25, 0.3) is 0 Å². The summed E-state index contributed by atoms with van der Waals surface area (Å²) in [5.41, 5.74) is 8.10. The Bertz CT molecular complexity index is 803. The number of nitrogens with zero attached hydrogens (tertiary/aromatic N) is 2. The van der Waals surface area contributed by atoms with Gasteiger partial charge in [0.15, 0.2) is 5.82 Å². The van der Waals surface area contributed by atoms with Crippen LogP contribution in [0, 0.1) is 0 Å². The SMILES string of the molecule is Nc1ccccc1-c1nc(SCC(=O)Nc2ccccc2)n[nH]1. The Labute approximate surface area is 137 Å². The van der Waals surface area contributed by atoms with Gasteiger partial charge >= 0.3 is 0 Å². The van der Waals surface area contributed by atoms with Gasteiger partial charge in [0, 0.05) is 16.9 Å². The summed E-state index contributed by atoms with van der Waals surface area (Å²) in [6, 6.07) is 16.7. The number of nitrogens with two attached hydrogens (primary N) is 1. The monoisotopic (exact) mass is 325 g/mol. The summed E-state index contributed by atoms with van der Waals surface area (Å²) in [6.45, 7) is 0. The number of aromatic amines is 1. The van der Waals surface area contributed by atoms with Crippen molar-refractivity contribution in [3.05, 3.63) is 54.6 Å². The quantitative estimate of drug-likeness (QED) is 0.495. The van der Waals surface area contributed by atoms with Gasteiger partial charge < -0.3 is 11.1 Å². The van der Waals surface area contributed by atoms with Crippen molar-refractivity contribution in [1.29, 1.82) is 0 Å². The van der Waals surface area contributed by atoms with Crippen LogP contribution in [-0.2, 0) is 4.79 Å². The molecule has 116 valence electrons. The average molecular weight is 325 g/mol. The van der Waals surface area contributed by atoms with Gasteiger partial charge in [0.2, 0.25) is 11.1 Å². The standard InChI is InChI=1S/C16H15N5OS/c17-13-9-5-4-8-12(13)15-19-16(21-20-15)23-10-14(22)18-11-6-2-1-3-7-11/h1-9H,10,17H2,(H,18,22)(H,19,20,21). The number of amides is 1. The summed E-state index contributed by atoms with van der Waals surface area (Å²) in [7, 11) is 0. The fraction of sp³-hybridized carbons (Fsp3) is 0.0625. The highest BCUT2D eigenvalue weighted by molar-refractivity contribution is 7.99. The summed E-state index contributed by atoms with van der Waals surface area (Å²) in [5.74, 6) is 0.719. The second-order valence-corrected chi connectivity index (χ2v) is 5.70. The Kier molecular flexibility index (Phi) is 4.58. The molecule has 0 aliphatic heterocycles. The third-order valence-corrected chi connectivity index (χ3v) is 3.92. The van der Waals surface area contributed by atoms with Crippen molar-refractivity contribution < 1.29 is 4.79 Å². The van der Waals surface area contributed by atoms with Crippen LogP contribution in [0.2, 0.25) is 0 Å². The molecule has 6 nitrogen and oxygen atoms in total. The lowest BCUT2D eigenvalue weighted by Crippen LogP contribution is -2.13. The first-order valence-electron chi connectivity index (χ1n) is 6.97. The molecule has 0 bridgehead atoms. The number of hydrogen-bond acceptors (Lipinski definition) is 5. The highest BCUT2D eigenvalue weighted by Gasteiger charge is 2.10. The zero-order valence-corrected chi connectivity index (χ0v) is 13.0. The lowest BCUT2D eigenvalue weighted by molar-refractivity contribution is -0.113. The number of thioether (sulfide) groups is 1. The van der Waals surface area contributed by atoms with E-state index in [0.717, 1.165) is 11.3 Å². The van der Waals surface area contributed by atoms with E-state index < -0.39 is 0 Å². The van der Waals surface area contributed by atoms with E-state index in [1.807, 2.05) is 48.5 Å². The van der Waals surface area contributed by atoms with E-state index in [-0.39, 0.29) is 11.7 Å². The normalized spacial score (nSPS) is 10.4. The van der Waals surface area contributed by atoms with Gasteiger partial charge in [0.05, 0.1) is 5.75 Å². The molecule has 0 saturated carbocycles. The molecule has 0 aliphatic rings. The fourth-order valence-corrected chi connectivity index (χ4v) is 2.59. The van der Waals surface area contributed by atoms with Gasteiger partial charge in [-0.15, -0.1) is 5.10 Å². The van der Waals surface area contributed by atoms with E-state index in [1.165, 1.54) is 11.8 Å². The average Bonchev–Trinajstić information content (AvgIpc) is 3.03. The van der Waals surface area contributed by atoms with Crippen LogP contribution in [-0.4, -0.2) is 26.8 Å². The molecular weight excluding hydrogens is 310 g/mol. The summed E-state index contributed by atoms with van der Waals surface area (Å²) < 4.78 is 0. The molecule has 0 saturated heterocycles. The minimum Gasteiger partial charge on any atom is -0.398 e. The number of para-hydroxylation sites is 2. The maximum atomic E-state index is 11.9. The first-order valence-corrected chi connectivity index (χ1v) is 7.96. The number of nitrogen functional groups attached to an aromatic ring is 1. The largest absolute Gasteiger partial charge is 0.398 e. The second-order valence-electron chi connectivity index (χ2n) is 4.76. The Morgan fingerprint density at radius 3 is 2.65 bits per heavy atom. The van der Waals surface area contributed by atoms with Crippen molar-refractivity contribution in [1.82, 2.24) is 15.2 Å². The van der Waals surface area contributed by atoms with Crippen LogP contribution >= 0.6 is 11.8 Å². The Balaban J connectivity index is 1.59. The molecule has 0 unspecified atom stereocenters. The minimum atomic E-state index is -0.105. The molecule has 1 heterocycles. The van der Waals surface area contributed by atoms with Crippen molar-refractivity contribution >= 4 is 29.0 Å². The minimum absolute atomic E-state index is 0.105. The number of benzene rings is 2. The third-order valence-electron chi connectivity index (χ3n) is 3.07. The van der Waals surface area contributed by atoms with E-state index in [9.17, 15) is 4.79 Å². The van der Waals surface area contributed by atoms with Crippen molar-refractivity contribution in [3.8, 4) is 11.4 Å². The van der Waals surface area contributed by atoms with Crippen LogP contribution in [0.3, 0.4) is 0 Å². The van der Waals surface area contributed by atoms with Crippen LogP contribution in [0.4, 0.5) is 11.4 Å². The van der Waals surface area contributed by atoms with Crippen molar-refractivity contribution in [2.45, 2.75) is 5.16 Å². The van der Waals surface area contributed by atoms with Crippen LogP contribution < -0.4 is 11.1 Å². The number of H-pyrrole nitrogens is 1. The number of aromatic nitrogens is 3. The number of carbonyl (C=O) groups excluding carboxylic acids is 1. The lowest BCUT2D eigenvalue weighted by atomic mass is 10.2. The van der Waals surface area contributed by atoms with Gasteiger partial charge in [-0.25, -0.2) is 4.98 Å². The van der Waals surface area contributed by atoms with E-state index >= 15 is 0 Å². The van der Waals surface area contributed by atoms with Gasteiger partial charge in [-0.2, -0.15) is 0 Å². The molecule has 2 aromatic carbocycles. The Hall–Kier alpha value is -2.80. The number of rotatable bonds is 5. The summed E-state index contributed by atoms with van der Waals surface area (Å²) in [4.78, 5) is 16.3. The molecule has 3 rings (SSSR count). The molecule has 0 radical (unpaired) electrons. The summed E-state index contributed by atoms with van der Waals surface area (Å²) in [5, 5.41) is 10.3. The lowest BCUT2D eigenvalue weighted by Gasteiger charge is -2.03. The number of hydrogen-bond donors (Lipinski definition) is 3. The van der Waals surface area contributed by atoms with Crippen LogP contribution in [0.5, 0.6) is 0 Å². The maximum Gasteiger partial charge on any atom is 0.234 e. The third kappa shape index (κ3) is 3.89. The molecule has 4 N–H and O–H groups in total. The van der Waals surface area contributed by atoms with E-state index in [0.29, 0.717) is 16.7 Å². The molecule has 1 amide bonds. The smallest absolute Gasteiger partial charge is 0.234 e. The van der Waals surface area contributed by atoms with Gasteiger partial charge in [0.1, 0.15) is 0 Å². The highest BCUT2D eigenvalue weighted by Crippen LogP contribution is 2.24. The van der Waals surface area contributed by atoms with Crippen molar-refractivity contribution in [2.24, 2.45) is 0 Å². The van der Waals surface area contributed by atoms with E-state index in [2.05, 4.69) is 20.5 Å². The van der Waals surface area contributed by atoms with E-state index in [4.69, 9.17) is 5.73 Å². The summed E-state index contributed by atoms with van der Waals surface area (Å²) in [6.07, 6.45) is 0. The van der Waals surface area contributed by atoms with Crippen molar-refractivity contribution in [2.75, 3.05) is 16.8 Å². The van der Waals surface area contributed by atoms with Gasteiger partial charge in [-0.1, -0.05) is 42.1 Å². The molecule has 0 fully saturated rings. The zero-order valence-electron chi connectivity index (χ0n) is 12.2. The molecule has 23 heavy (non-hydrogen) atoms. The predicted molar refractivity (Wildman–Crippen MR) is 92.0 cm³/mol. The van der Waals surface area contributed by atoms with Crippen LogP contribution in [0.1, 0.15) is 0 Å². The molecular formula is C16H15N5OS. The predicted octanol–water partition coefficient (Wildman–Crippen LogP) is 2.78. The first kappa shape index (κ1) is 15.1. The molecule has 0 atom stereocenters. The second kappa shape index (κ2) is 6.97. The molecule has 0 spiro atoms. The van der Waals surface area contributed by atoms with Crippen molar-refractivity contribution in [3.63, 3.8) is 0 Å². The van der Waals surface area contributed by atoms with Crippen LogP contribution in [0.15, 0.2) is 59.8 Å². The highest BCUT2D eigenvalue weighted by atomic mass is 32.2. The number of anilines is 2. The Morgan fingerprint density at radius 1 is 1.13 bits per heavy atom. The van der Waals surface area contributed by atoms with Gasteiger partial charge in [-0.05, 0) is 24.3 Å². The van der Waals surface area contributed by atoms with E-state index in [1.54, 1.807) is 6.07 Å². The van der Waals surface area contributed by atoms with Crippen LogP contribution in [0.25, 0.3) is 11.4 Å². The molecule has 3 aromatic rings. The van der Waals surface area contributed by atoms with Gasteiger partial charge in [-0.3, -0.25) is 9.89 Å². The fourth-order valence-electron chi connectivity index (χ4n) is 1.99. The topological polar surface area (TPSA) is 96.7 Å². The molecule has 7 heteroatoms. The first-order chi connectivity index (χ1) is 11.2.